The molecule has 1 N–H and O–H groups in total. The Kier molecular flexibility index (Phi) is 3.75. The van der Waals surface area contributed by atoms with Gasteiger partial charge < -0.3 is 5.32 Å². The summed E-state index contributed by atoms with van der Waals surface area (Å²) in [5.74, 6) is -0.652. The van der Waals surface area contributed by atoms with Gasteiger partial charge in [0.2, 0.25) is 0 Å². The van der Waals surface area contributed by atoms with Gasteiger partial charge >= 0.3 is 0 Å². The van der Waals surface area contributed by atoms with Crippen molar-refractivity contribution in [3.8, 4) is 0 Å². The zero-order chi connectivity index (χ0) is 16.8. The normalized spacial score (nSPS) is 11.3. The smallest absolute Gasteiger partial charge is 0.267 e. The number of fused-ring (bicyclic) bond motifs is 2. The van der Waals surface area contributed by atoms with Crippen LogP contribution in [0.3, 0.4) is 0 Å². The molecule has 7 heteroatoms. The van der Waals surface area contributed by atoms with E-state index in [4.69, 9.17) is 11.6 Å². The zero-order valence-corrected chi connectivity index (χ0v) is 14.8. The molecule has 0 radical (unpaired) electrons. The third-order valence-corrected chi connectivity index (χ3v) is 6.14. The molecule has 0 fully saturated rings. The number of halogens is 2. The van der Waals surface area contributed by atoms with Crippen molar-refractivity contribution in [2.45, 2.75) is 6.92 Å². The lowest BCUT2D eigenvalue weighted by molar-refractivity contribution is 0.103. The average Bonchev–Trinajstić information content (AvgIpc) is 3.06. The predicted molar refractivity (Wildman–Crippen MR) is 99.1 cm³/mol. The minimum Gasteiger partial charge on any atom is -0.321 e. The molecule has 1 amide bonds. The van der Waals surface area contributed by atoms with Crippen molar-refractivity contribution in [1.82, 2.24) is 4.98 Å². The van der Waals surface area contributed by atoms with Crippen molar-refractivity contribution in [2.24, 2.45) is 0 Å². The van der Waals surface area contributed by atoms with Crippen LogP contribution in [0.2, 0.25) is 5.02 Å². The highest BCUT2D eigenvalue weighted by Crippen LogP contribution is 2.36. The summed E-state index contributed by atoms with van der Waals surface area (Å²) >= 11 is 9.04. The summed E-state index contributed by atoms with van der Waals surface area (Å²) in [4.78, 5) is 17.3. The van der Waals surface area contributed by atoms with Crippen molar-refractivity contribution in [1.29, 1.82) is 0 Å². The van der Waals surface area contributed by atoms with Crippen LogP contribution in [0, 0.1) is 12.7 Å². The molecule has 0 saturated carbocycles. The largest absolute Gasteiger partial charge is 0.321 e. The lowest BCUT2D eigenvalue weighted by Gasteiger charge is -2.03. The molecule has 0 aliphatic rings. The summed E-state index contributed by atoms with van der Waals surface area (Å²) in [5.41, 5.74) is 1.58. The Morgan fingerprint density at radius 1 is 1.17 bits per heavy atom. The first-order valence-corrected chi connectivity index (χ1v) is 9.08. The highest BCUT2D eigenvalue weighted by atomic mass is 35.5. The number of thiophene rings is 1. The molecule has 0 saturated heterocycles. The van der Waals surface area contributed by atoms with Crippen molar-refractivity contribution in [3.63, 3.8) is 0 Å². The van der Waals surface area contributed by atoms with Gasteiger partial charge in [0.25, 0.3) is 5.91 Å². The maximum absolute atomic E-state index is 13.3. The lowest BCUT2D eigenvalue weighted by Crippen LogP contribution is -2.10. The number of thiazole rings is 1. The maximum Gasteiger partial charge on any atom is 0.267 e. The first-order chi connectivity index (χ1) is 11.5. The second-order valence-electron chi connectivity index (χ2n) is 5.26. The van der Waals surface area contributed by atoms with Crippen LogP contribution in [-0.2, 0) is 0 Å². The van der Waals surface area contributed by atoms with E-state index in [0.29, 0.717) is 25.7 Å². The molecular formula is C17H10ClFN2OS2. The Morgan fingerprint density at radius 2 is 2.00 bits per heavy atom. The van der Waals surface area contributed by atoms with Crippen LogP contribution < -0.4 is 5.32 Å². The van der Waals surface area contributed by atoms with Gasteiger partial charge in [0, 0.05) is 15.8 Å². The van der Waals surface area contributed by atoms with Crippen LogP contribution in [0.1, 0.15) is 14.7 Å². The highest BCUT2D eigenvalue weighted by molar-refractivity contribution is 7.21. The van der Waals surface area contributed by atoms with Crippen LogP contribution in [0.5, 0.6) is 0 Å². The number of nitrogens with zero attached hydrogens (tertiary/aromatic N) is 1. The minimum atomic E-state index is -0.349. The van der Waals surface area contributed by atoms with Crippen LogP contribution in [0.15, 0.2) is 36.4 Å². The molecule has 4 rings (SSSR count). The summed E-state index contributed by atoms with van der Waals surface area (Å²) in [5, 5.41) is 4.85. The first-order valence-electron chi connectivity index (χ1n) is 7.07. The molecule has 0 bridgehead atoms. The summed E-state index contributed by atoms with van der Waals surface area (Å²) < 4.78 is 15.0. The Bertz CT molecular complexity index is 1100. The molecule has 120 valence electrons. The Morgan fingerprint density at radius 3 is 2.83 bits per heavy atom. The molecule has 24 heavy (non-hydrogen) atoms. The number of benzene rings is 2. The number of hydrogen-bond donors (Lipinski definition) is 1. The van der Waals surface area contributed by atoms with Gasteiger partial charge in [0.1, 0.15) is 10.7 Å². The average molecular weight is 377 g/mol. The quantitative estimate of drug-likeness (QED) is 0.475. The van der Waals surface area contributed by atoms with Crippen molar-refractivity contribution in [2.75, 3.05) is 5.32 Å². The second kappa shape index (κ2) is 5.81. The third kappa shape index (κ3) is 2.66. The Labute approximate surface area is 149 Å². The summed E-state index contributed by atoms with van der Waals surface area (Å²) in [6.07, 6.45) is 0. The van der Waals surface area contributed by atoms with E-state index in [0.717, 1.165) is 15.2 Å². The number of aryl methyl sites for hydroxylation is 1. The van der Waals surface area contributed by atoms with Crippen molar-refractivity contribution < 1.29 is 9.18 Å². The molecule has 4 aromatic rings. The molecule has 0 unspecified atom stereocenters. The van der Waals surface area contributed by atoms with E-state index in [1.54, 1.807) is 23.5 Å². The van der Waals surface area contributed by atoms with Gasteiger partial charge in [0.05, 0.1) is 20.2 Å². The Balaban J connectivity index is 1.68. The standard InChI is InChI=1S/C17H10ClFN2OS2/c1-8-20-12-5-3-10(7-14(12)23-8)21-17(22)16-15(18)11-4-2-9(19)6-13(11)24-16/h2-7H,1H3,(H,21,22). The molecule has 2 heterocycles. The number of anilines is 1. The molecule has 0 spiro atoms. The fourth-order valence-corrected chi connectivity index (χ4v) is 4.79. The molecule has 2 aromatic heterocycles. The summed E-state index contributed by atoms with van der Waals surface area (Å²) in [7, 11) is 0. The van der Waals surface area contributed by atoms with Crippen LogP contribution in [0.4, 0.5) is 10.1 Å². The number of carbonyl (C=O) groups is 1. The van der Waals surface area contributed by atoms with Crippen LogP contribution >= 0.6 is 34.3 Å². The zero-order valence-electron chi connectivity index (χ0n) is 12.4. The van der Waals surface area contributed by atoms with Gasteiger partial charge in [-0.1, -0.05) is 11.6 Å². The van der Waals surface area contributed by atoms with Gasteiger partial charge in [-0.2, -0.15) is 0 Å². The minimum absolute atomic E-state index is 0.304. The van der Waals surface area contributed by atoms with Crippen molar-refractivity contribution >= 4 is 66.2 Å². The topological polar surface area (TPSA) is 42.0 Å². The number of rotatable bonds is 2. The maximum atomic E-state index is 13.3. The highest BCUT2D eigenvalue weighted by Gasteiger charge is 2.18. The third-order valence-electron chi connectivity index (χ3n) is 3.55. The van der Waals surface area contributed by atoms with Gasteiger partial charge in [-0.05, 0) is 43.3 Å². The van der Waals surface area contributed by atoms with E-state index in [2.05, 4.69) is 10.3 Å². The summed E-state index contributed by atoms with van der Waals surface area (Å²) in [6, 6.07) is 9.87. The van der Waals surface area contributed by atoms with Gasteiger partial charge in [-0.15, -0.1) is 22.7 Å². The number of carbonyl (C=O) groups excluding carboxylic acids is 1. The van der Waals surface area contributed by atoms with E-state index < -0.39 is 0 Å². The first kappa shape index (κ1) is 15.5. The van der Waals surface area contributed by atoms with E-state index >= 15 is 0 Å². The molecule has 0 aliphatic carbocycles. The van der Waals surface area contributed by atoms with E-state index in [1.807, 2.05) is 19.1 Å². The van der Waals surface area contributed by atoms with Crippen LogP contribution in [-0.4, -0.2) is 10.9 Å². The number of amides is 1. The van der Waals surface area contributed by atoms with Gasteiger partial charge in [-0.25, -0.2) is 9.37 Å². The monoisotopic (exact) mass is 376 g/mol. The predicted octanol–water partition coefficient (Wildman–Crippen LogP) is 5.86. The lowest BCUT2D eigenvalue weighted by atomic mass is 10.2. The van der Waals surface area contributed by atoms with E-state index in [1.165, 1.54) is 23.5 Å². The fraction of sp³-hybridized carbons (Fsp3) is 0.0588. The second-order valence-corrected chi connectivity index (χ2v) is 7.92. The molecule has 0 atom stereocenters. The van der Waals surface area contributed by atoms with Crippen molar-refractivity contribution in [3.05, 3.63) is 57.1 Å². The SMILES string of the molecule is Cc1nc2ccc(NC(=O)c3sc4cc(F)ccc4c3Cl)cc2s1. The molecule has 0 aliphatic heterocycles. The number of hydrogen-bond acceptors (Lipinski definition) is 4. The number of aromatic nitrogens is 1. The van der Waals surface area contributed by atoms with Crippen LogP contribution in [0.25, 0.3) is 20.3 Å². The van der Waals surface area contributed by atoms with Gasteiger partial charge in [0.15, 0.2) is 0 Å². The molecule has 2 aromatic carbocycles. The van der Waals surface area contributed by atoms with E-state index in [-0.39, 0.29) is 11.7 Å². The fourth-order valence-electron chi connectivity index (χ4n) is 2.49. The Hall–Kier alpha value is -2.02. The molecular weight excluding hydrogens is 367 g/mol. The molecule has 3 nitrogen and oxygen atoms in total. The van der Waals surface area contributed by atoms with Gasteiger partial charge in [-0.3, -0.25) is 4.79 Å². The van der Waals surface area contributed by atoms with E-state index in [9.17, 15) is 9.18 Å². The number of nitrogens with one attached hydrogen (secondary N) is 1. The summed E-state index contributed by atoms with van der Waals surface area (Å²) in [6.45, 7) is 1.94.